The molecule has 2 aromatic carbocycles. The standard InChI is InChI=1S/C27H32FN5O/c1-16-13-22(19-5-4-6-19)23(26-30-17(2)31-32-26)15-21(16)27(34)33-11-9-18(10-12-33)20-7-8-25(29-3)24(28)14-20/h7-8,13-15,18-19,29H,4-6,9-12H2,1-3H3,(H,30,31,32). The summed E-state index contributed by atoms with van der Waals surface area (Å²) < 4.78 is 14.2. The lowest BCUT2D eigenvalue weighted by Gasteiger charge is -2.33. The number of carbonyl (C=O) groups is 1. The number of likely N-dealkylation sites (tertiary alicyclic amines) is 1. The molecule has 0 bridgehead atoms. The summed E-state index contributed by atoms with van der Waals surface area (Å²) in [6.07, 6.45) is 5.25. The number of benzene rings is 2. The lowest BCUT2D eigenvalue weighted by molar-refractivity contribution is 0.0712. The van der Waals surface area contributed by atoms with E-state index in [-0.39, 0.29) is 17.6 Å². The zero-order chi connectivity index (χ0) is 23.8. The molecule has 5 rings (SSSR count). The lowest BCUT2D eigenvalue weighted by Crippen LogP contribution is -2.38. The summed E-state index contributed by atoms with van der Waals surface area (Å²) in [5.41, 5.74) is 5.47. The molecule has 2 aliphatic rings. The van der Waals surface area contributed by atoms with E-state index in [1.54, 1.807) is 19.2 Å². The summed E-state index contributed by atoms with van der Waals surface area (Å²) in [6, 6.07) is 9.60. The maximum atomic E-state index is 14.2. The quantitative estimate of drug-likeness (QED) is 0.522. The van der Waals surface area contributed by atoms with Crippen molar-refractivity contribution in [2.45, 2.75) is 57.8 Å². The van der Waals surface area contributed by atoms with Crippen LogP contribution in [0.2, 0.25) is 0 Å². The predicted octanol–water partition coefficient (Wildman–Crippen LogP) is 5.56. The summed E-state index contributed by atoms with van der Waals surface area (Å²) >= 11 is 0. The van der Waals surface area contributed by atoms with Gasteiger partial charge in [-0.25, -0.2) is 9.37 Å². The number of nitrogens with zero attached hydrogens (tertiary/aromatic N) is 3. The molecule has 2 fully saturated rings. The maximum absolute atomic E-state index is 14.2. The Bertz CT molecular complexity index is 1210. The monoisotopic (exact) mass is 461 g/mol. The Morgan fingerprint density at radius 2 is 1.85 bits per heavy atom. The van der Waals surface area contributed by atoms with E-state index in [9.17, 15) is 9.18 Å². The van der Waals surface area contributed by atoms with E-state index in [1.165, 1.54) is 24.8 Å². The minimum Gasteiger partial charge on any atom is -0.386 e. The van der Waals surface area contributed by atoms with Gasteiger partial charge in [0.15, 0.2) is 5.82 Å². The van der Waals surface area contributed by atoms with Crippen LogP contribution >= 0.6 is 0 Å². The van der Waals surface area contributed by atoms with E-state index in [4.69, 9.17) is 0 Å². The van der Waals surface area contributed by atoms with Gasteiger partial charge < -0.3 is 10.2 Å². The predicted molar refractivity (Wildman–Crippen MR) is 132 cm³/mol. The van der Waals surface area contributed by atoms with Crippen LogP contribution in [-0.4, -0.2) is 46.1 Å². The smallest absolute Gasteiger partial charge is 0.254 e. The molecule has 178 valence electrons. The Balaban J connectivity index is 1.36. The highest BCUT2D eigenvalue weighted by Crippen LogP contribution is 2.42. The number of nitrogens with one attached hydrogen (secondary N) is 2. The van der Waals surface area contributed by atoms with Crippen molar-refractivity contribution in [3.05, 3.63) is 64.2 Å². The first kappa shape index (κ1) is 22.6. The molecule has 7 heteroatoms. The molecule has 1 aliphatic heterocycles. The van der Waals surface area contributed by atoms with Crippen molar-refractivity contribution in [1.29, 1.82) is 0 Å². The van der Waals surface area contributed by atoms with Crippen molar-refractivity contribution in [2.75, 3.05) is 25.5 Å². The third-order valence-corrected chi connectivity index (χ3v) is 7.53. The van der Waals surface area contributed by atoms with Crippen LogP contribution in [0.1, 0.15) is 76.8 Å². The number of aryl methyl sites for hydroxylation is 2. The average molecular weight is 462 g/mol. The Morgan fingerprint density at radius 3 is 2.44 bits per heavy atom. The number of aromatic amines is 1. The number of H-pyrrole nitrogens is 1. The molecule has 0 unspecified atom stereocenters. The van der Waals surface area contributed by atoms with Gasteiger partial charge in [0, 0.05) is 31.3 Å². The first-order chi connectivity index (χ1) is 16.4. The van der Waals surface area contributed by atoms with Gasteiger partial charge in [0.05, 0.1) is 5.69 Å². The van der Waals surface area contributed by atoms with Crippen LogP contribution in [0, 0.1) is 19.7 Å². The second kappa shape index (κ2) is 9.20. The molecule has 1 aliphatic carbocycles. The Kier molecular flexibility index (Phi) is 6.11. The molecule has 1 saturated carbocycles. The summed E-state index contributed by atoms with van der Waals surface area (Å²) in [4.78, 5) is 20.1. The summed E-state index contributed by atoms with van der Waals surface area (Å²) in [7, 11) is 1.72. The fourth-order valence-corrected chi connectivity index (χ4v) is 5.25. The highest BCUT2D eigenvalue weighted by atomic mass is 19.1. The highest BCUT2D eigenvalue weighted by Gasteiger charge is 2.29. The van der Waals surface area contributed by atoms with E-state index in [0.717, 1.165) is 40.9 Å². The Labute approximate surface area is 200 Å². The first-order valence-electron chi connectivity index (χ1n) is 12.2. The summed E-state index contributed by atoms with van der Waals surface area (Å²) in [5, 5.41) is 10.2. The van der Waals surface area contributed by atoms with Crippen molar-refractivity contribution in [3.63, 3.8) is 0 Å². The normalized spacial score (nSPS) is 17.0. The minimum absolute atomic E-state index is 0.0568. The molecule has 1 aromatic heterocycles. The number of carbonyl (C=O) groups excluding carboxylic acids is 1. The molecule has 6 nitrogen and oxygen atoms in total. The van der Waals surface area contributed by atoms with Gasteiger partial charge in [0.2, 0.25) is 0 Å². The molecule has 1 amide bonds. The van der Waals surface area contributed by atoms with E-state index in [0.29, 0.717) is 30.5 Å². The second-order valence-electron chi connectivity index (χ2n) is 9.68. The zero-order valence-corrected chi connectivity index (χ0v) is 20.1. The Morgan fingerprint density at radius 1 is 1.09 bits per heavy atom. The fraction of sp³-hybridized carbons (Fsp3) is 0.444. The largest absolute Gasteiger partial charge is 0.386 e. The zero-order valence-electron chi connectivity index (χ0n) is 20.1. The van der Waals surface area contributed by atoms with Crippen LogP contribution < -0.4 is 5.32 Å². The summed E-state index contributed by atoms with van der Waals surface area (Å²) in [6.45, 7) is 5.25. The number of aromatic nitrogens is 3. The van der Waals surface area contributed by atoms with Crippen molar-refractivity contribution in [2.24, 2.45) is 0 Å². The molecule has 0 radical (unpaired) electrons. The number of halogens is 1. The molecule has 2 N–H and O–H groups in total. The van der Waals surface area contributed by atoms with Gasteiger partial charge in [-0.3, -0.25) is 9.89 Å². The summed E-state index contributed by atoms with van der Waals surface area (Å²) in [5.74, 6) is 2.04. The topological polar surface area (TPSA) is 73.9 Å². The van der Waals surface area contributed by atoms with Crippen LogP contribution in [0.15, 0.2) is 30.3 Å². The number of piperidine rings is 1. The molecular weight excluding hydrogens is 429 g/mol. The number of anilines is 1. The second-order valence-corrected chi connectivity index (χ2v) is 9.68. The van der Waals surface area contributed by atoms with E-state index in [1.807, 2.05) is 30.9 Å². The maximum Gasteiger partial charge on any atom is 0.254 e. The molecule has 1 saturated heterocycles. The molecule has 0 spiro atoms. The van der Waals surface area contributed by atoms with Gasteiger partial charge in [-0.05, 0) is 86.3 Å². The number of hydrogen-bond acceptors (Lipinski definition) is 4. The highest BCUT2D eigenvalue weighted by molar-refractivity contribution is 5.97. The van der Waals surface area contributed by atoms with Crippen molar-refractivity contribution in [1.82, 2.24) is 20.1 Å². The van der Waals surface area contributed by atoms with Gasteiger partial charge in [0.1, 0.15) is 11.6 Å². The Hall–Kier alpha value is -3.22. The van der Waals surface area contributed by atoms with E-state index in [2.05, 4.69) is 26.6 Å². The van der Waals surface area contributed by atoms with Crippen LogP contribution in [0.3, 0.4) is 0 Å². The van der Waals surface area contributed by atoms with Gasteiger partial charge in [-0.15, -0.1) is 0 Å². The van der Waals surface area contributed by atoms with Crippen molar-refractivity contribution < 1.29 is 9.18 Å². The van der Waals surface area contributed by atoms with Gasteiger partial charge in [0.25, 0.3) is 5.91 Å². The van der Waals surface area contributed by atoms with Crippen LogP contribution in [0.5, 0.6) is 0 Å². The molecule has 0 atom stereocenters. The lowest BCUT2D eigenvalue weighted by atomic mass is 9.77. The molecule has 34 heavy (non-hydrogen) atoms. The molecular formula is C27H32FN5O. The van der Waals surface area contributed by atoms with Crippen molar-refractivity contribution in [3.8, 4) is 11.4 Å². The van der Waals surface area contributed by atoms with Crippen LogP contribution in [-0.2, 0) is 0 Å². The van der Waals surface area contributed by atoms with Gasteiger partial charge in [-0.2, -0.15) is 5.10 Å². The number of rotatable bonds is 5. The van der Waals surface area contributed by atoms with E-state index >= 15 is 0 Å². The SMILES string of the molecule is CNc1ccc(C2CCN(C(=O)c3cc(-c4n[nH]c(C)n4)c(C4CCC4)cc3C)CC2)cc1F. The van der Waals surface area contributed by atoms with Gasteiger partial charge in [-0.1, -0.05) is 18.6 Å². The minimum atomic E-state index is -0.226. The van der Waals surface area contributed by atoms with E-state index < -0.39 is 0 Å². The molecule has 2 heterocycles. The van der Waals surface area contributed by atoms with Crippen molar-refractivity contribution >= 4 is 11.6 Å². The van der Waals surface area contributed by atoms with Crippen LogP contribution in [0.4, 0.5) is 10.1 Å². The fourth-order valence-electron chi connectivity index (χ4n) is 5.25. The third kappa shape index (κ3) is 4.19. The number of amides is 1. The van der Waals surface area contributed by atoms with Crippen LogP contribution in [0.25, 0.3) is 11.4 Å². The average Bonchev–Trinajstić information content (AvgIpc) is 3.24. The molecule has 3 aromatic rings. The third-order valence-electron chi connectivity index (χ3n) is 7.53. The first-order valence-corrected chi connectivity index (χ1v) is 12.2. The number of hydrogen-bond donors (Lipinski definition) is 2. The van der Waals surface area contributed by atoms with Gasteiger partial charge >= 0.3 is 0 Å².